The van der Waals surface area contributed by atoms with Gasteiger partial charge in [0.2, 0.25) is 5.91 Å². The molecule has 1 aromatic heterocycles. The average Bonchev–Trinajstić information content (AvgIpc) is 3.24. The summed E-state index contributed by atoms with van der Waals surface area (Å²) in [5.41, 5.74) is 1.83. The molecule has 1 atom stereocenters. The minimum atomic E-state index is -0.443. The number of carbonyl (C=O) groups excluding carboxylic acids is 1. The molecule has 0 radical (unpaired) electrons. The van der Waals surface area contributed by atoms with Crippen molar-refractivity contribution in [3.63, 3.8) is 0 Å². The fraction of sp³-hybridized carbons (Fsp3) is 0.471. The zero-order valence-electron chi connectivity index (χ0n) is 12.4. The fourth-order valence-electron chi connectivity index (χ4n) is 2.89. The van der Waals surface area contributed by atoms with Crippen molar-refractivity contribution in [3.05, 3.63) is 36.0 Å². The number of aliphatic hydroxyl groups is 1. The number of hydrogen-bond acceptors (Lipinski definition) is 2. The van der Waals surface area contributed by atoms with E-state index in [-0.39, 0.29) is 12.5 Å². The number of aliphatic hydroxyl groups excluding tert-OH is 1. The summed E-state index contributed by atoms with van der Waals surface area (Å²) in [6, 6.07) is 8.25. The second-order valence-corrected chi connectivity index (χ2v) is 6.30. The van der Waals surface area contributed by atoms with Gasteiger partial charge >= 0.3 is 0 Å². The Morgan fingerprint density at radius 3 is 2.95 bits per heavy atom. The van der Waals surface area contributed by atoms with Crippen LogP contribution >= 0.6 is 0 Å². The predicted octanol–water partition coefficient (Wildman–Crippen LogP) is 2.38. The van der Waals surface area contributed by atoms with Gasteiger partial charge in [-0.3, -0.25) is 4.79 Å². The molecule has 1 unspecified atom stereocenters. The minimum absolute atomic E-state index is 0.0126. The molecule has 112 valence electrons. The van der Waals surface area contributed by atoms with Gasteiger partial charge < -0.3 is 15.4 Å². The summed E-state index contributed by atoms with van der Waals surface area (Å²) in [5, 5.41) is 13.7. The summed E-state index contributed by atoms with van der Waals surface area (Å²) in [4.78, 5) is 15.3. The molecule has 1 fully saturated rings. The minimum Gasteiger partial charge on any atom is -0.394 e. The maximum absolute atomic E-state index is 12.1. The number of aryl methyl sites for hydroxylation is 1. The zero-order chi connectivity index (χ0) is 14.9. The van der Waals surface area contributed by atoms with Crippen LogP contribution in [0.5, 0.6) is 0 Å². The molecule has 0 spiro atoms. The molecule has 1 saturated carbocycles. The van der Waals surface area contributed by atoms with E-state index in [9.17, 15) is 9.90 Å². The second kappa shape index (κ2) is 5.53. The van der Waals surface area contributed by atoms with E-state index in [1.807, 2.05) is 25.3 Å². The van der Waals surface area contributed by atoms with Crippen molar-refractivity contribution in [1.82, 2.24) is 10.3 Å². The first-order valence-corrected chi connectivity index (χ1v) is 7.58. The van der Waals surface area contributed by atoms with Crippen LogP contribution in [-0.2, 0) is 11.2 Å². The molecule has 4 nitrogen and oxygen atoms in total. The summed E-state index contributed by atoms with van der Waals surface area (Å²) >= 11 is 0. The van der Waals surface area contributed by atoms with Crippen LogP contribution in [0.2, 0.25) is 0 Å². The van der Waals surface area contributed by atoms with Crippen LogP contribution < -0.4 is 5.32 Å². The lowest BCUT2D eigenvalue weighted by Gasteiger charge is -2.28. The normalized spacial score (nSPS) is 17.6. The highest BCUT2D eigenvalue weighted by Gasteiger charge is 2.41. The van der Waals surface area contributed by atoms with Gasteiger partial charge in [-0.25, -0.2) is 0 Å². The molecule has 1 aliphatic rings. The van der Waals surface area contributed by atoms with Gasteiger partial charge in [0.25, 0.3) is 0 Å². The number of nitrogens with one attached hydrogen (secondary N) is 2. The van der Waals surface area contributed by atoms with Crippen molar-refractivity contribution in [2.75, 3.05) is 6.61 Å². The Morgan fingerprint density at radius 2 is 2.24 bits per heavy atom. The van der Waals surface area contributed by atoms with Crippen molar-refractivity contribution in [1.29, 1.82) is 0 Å². The van der Waals surface area contributed by atoms with Gasteiger partial charge in [-0.2, -0.15) is 0 Å². The Labute approximate surface area is 124 Å². The number of H-pyrrole nitrogens is 1. The Balaban J connectivity index is 1.57. The molecule has 0 saturated heterocycles. The van der Waals surface area contributed by atoms with Gasteiger partial charge in [-0.1, -0.05) is 6.07 Å². The summed E-state index contributed by atoms with van der Waals surface area (Å²) < 4.78 is 0. The van der Waals surface area contributed by atoms with Crippen molar-refractivity contribution in [2.24, 2.45) is 5.92 Å². The lowest BCUT2D eigenvalue weighted by Crippen LogP contribution is -2.50. The number of fused-ring (bicyclic) bond motifs is 1. The van der Waals surface area contributed by atoms with Gasteiger partial charge in [0.1, 0.15) is 0 Å². The van der Waals surface area contributed by atoms with Crippen LogP contribution in [0.3, 0.4) is 0 Å². The van der Waals surface area contributed by atoms with Gasteiger partial charge in [0, 0.05) is 18.1 Å². The summed E-state index contributed by atoms with van der Waals surface area (Å²) in [7, 11) is 0. The molecular weight excluding hydrogens is 264 g/mol. The smallest absolute Gasteiger partial charge is 0.220 e. The van der Waals surface area contributed by atoms with E-state index in [4.69, 9.17) is 0 Å². The van der Waals surface area contributed by atoms with E-state index in [1.54, 1.807) is 0 Å². The molecule has 4 heteroatoms. The molecule has 3 rings (SSSR count). The zero-order valence-corrected chi connectivity index (χ0v) is 12.4. The van der Waals surface area contributed by atoms with Crippen molar-refractivity contribution < 1.29 is 9.90 Å². The number of benzene rings is 1. The summed E-state index contributed by atoms with van der Waals surface area (Å²) in [5.74, 6) is 0.454. The number of rotatable bonds is 6. The van der Waals surface area contributed by atoms with Crippen LogP contribution in [0.15, 0.2) is 30.5 Å². The third kappa shape index (κ3) is 3.10. The molecular formula is C17H22N2O2. The van der Waals surface area contributed by atoms with Crippen molar-refractivity contribution in [3.8, 4) is 0 Å². The van der Waals surface area contributed by atoms with Crippen LogP contribution in [-0.4, -0.2) is 28.1 Å². The van der Waals surface area contributed by atoms with Gasteiger partial charge in [0.05, 0.1) is 12.1 Å². The molecule has 0 aliphatic heterocycles. The SMILES string of the molecule is CC(CO)(NC(=O)CCc1ccc2[nH]ccc2c1)C1CC1. The van der Waals surface area contributed by atoms with Gasteiger partial charge in [-0.15, -0.1) is 0 Å². The Bertz CT molecular complexity index is 645. The van der Waals surface area contributed by atoms with Crippen LogP contribution in [0.1, 0.15) is 31.7 Å². The second-order valence-electron chi connectivity index (χ2n) is 6.30. The number of amides is 1. The number of aromatic amines is 1. The van der Waals surface area contributed by atoms with Crippen LogP contribution in [0, 0.1) is 5.92 Å². The number of aromatic nitrogens is 1. The van der Waals surface area contributed by atoms with Gasteiger partial charge in [0.15, 0.2) is 0 Å². The Hall–Kier alpha value is -1.81. The third-order valence-electron chi connectivity index (χ3n) is 4.49. The van der Waals surface area contributed by atoms with E-state index >= 15 is 0 Å². The van der Waals surface area contributed by atoms with Crippen LogP contribution in [0.25, 0.3) is 10.9 Å². The van der Waals surface area contributed by atoms with E-state index in [2.05, 4.69) is 22.4 Å². The third-order valence-corrected chi connectivity index (χ3v) is 4.49. The number of carbonyl (C=O) groups is 1. The Morgan fingerprint density at radius 1 is 1.43 bits per heavy atom. The van der Waals surface area contributed by atoms with E-state index < -0.39 is 5.54 Å². The fourth-order valence-corrected chi connectivity index (χ4v) is 2.89. The van der Waals surface area contributed by atoms with E-state index in [0.29, 0.717) is 12.3 Å². The quantitative estimate of drug-likeness (QED) is 0.763. The standard InChI is InChI=1S/C17H22N2O2/c1-17(11-20,14-4-5-14)19-16(21)7-3-12-2-6-15-13(10-12)8-9-18-15/h2,6,8-10,14,18,20H,3-5,7,11H2,1H3,(H,19,21). The molecule has 1 aliphatic carbocycles. The van der Waals surface area contributed by atoms with Crippen molar-refractivity contribution in [2.45, 2.75) is 38.1 Å². The maximum atomic E-state index is 12.1. The maximum Gasteiger partial charge on any atom is 0.220 e. The predicted molar refractivity (Wildman–Crippen MR) is 83.0 cm³/mol. The highest BCUT2D eigenvalue weighted by Crippen LogP contribution is 2.39. The first kappa shape index (κ1) is 14.1. The van der Waals surface area contributed by atoms with E-state index in [1.165, 1.54) is 5.39 Å². The van der Waals surface area contributed by atoms with Gasteiger partial charge in [-0.05, 0) is 61.3 Å². The van der Waals surface area contributed by atoms with Crippen LogP contribution in [0.4, 0.5) is 0 Å². The molecule has 1 heterocycles. The molecule has 2 aromatic rings. The highest BCUT2D eigenvalue weighted by molar-refractivity contribution is 5.80. The molecule has 0 bridgehead atoms. The largest absolute Gasteiger partial charge is 0.394 e. The van der Waals surface area contributed by atoms with Crippen molar-refractivity contribution >= 4 is 16.8 Å². The topological polar surface area (TPSA) is 65.1 Å². The summed E-state index contributed by atoms with van der Waals surface area (Å²) in [6.07, 6.45) is 5.30. The van der Waals surface area contributed by atoms with E-state index in [0.717, 1.165) is 30.3 Å². The molecule has 3 N–H and O–H groups in total. The molecule has 1 amide bonds. The lowest BCUT2D eigenvalue weighted by molar-refractivity contribution is -0.123. The molecule has 21 heavy (non-hydrogen) atoms. The number of hydrogen-bond donors (Lipinski definition) is 3. The average molecular weight is 286 g/mol. The first-order valence-electron chi connectivity index (χ1n) is 7.58. The molecule has 1 aromatic carbocycles. The monoisotopic (exact) mass is 286 g/mol. The lowest BCUT2D eigenvalue weighted by atomic mass is 9.96. The summed E-state index contributed by atoms with van der Waals surface area (Å²) in [6.45, 7) is 1.95. The Kier molecular flexibility index (Phi) is 3.72. The first-order chi connectivity index (χ1) is 10.1. The highest BCUT2D eigenvalue weighted by atomic mass is 16.3.